The van der Waals surface area contributed by atoms with Gasteiger partial charge in [-0.2, -0.15) is 0 Å². The highest BCUT2D eigenvalue weighted by atomic mass is 16.5. The van der Waals surface area contributed by atoms with Crippen LogP contribution in [0.15, 0.2) is 11.1 Å². The van der Waals surface area contributed by atoms with Crippen LogP contribution in [-0.2, 0) is 9.53 Å². The average molecular weight is 182 g/mol. The van der Waals surface area contributed by atoms with Crippen LogP contribution in [-0.4, -0.2) is 13.1 Å². The summed E-state index contributed by atoms with van der Waals surface area (Å²) in [4.78, 5) is 10.1. The van der Waals surface area contributed by atoms with Gasteiger partial charge in [0.15, 0.2) is 0 Å². The van der Waals surface area contributed by atoms with E-state index in [0.29, 0.717) is 24.9 Å². The minimum atomic E-state index is 0.468. The van der Waals surface area contributed by atoms with Crippen molar-refractivity contribution in [2.75, 3.05) is 6.61 Å². The first-order valence-corrected chi connectivity index (χ1v) is 4.88. The van der Waals surface area contributed by atoms with Gasteiger partial charge in [-0.1, -0.05) is 18.1 Å². The van der Waals surface area contributed by atoms with E-state index in [1.165, 1.54) is 24.0 Å². The molecule has 1 aliphatic carbocycles. The van der Waals surface area contributed by atoms with Crippen molar-refractivity contribution in [2.24, 2.45) is 11.8 Å². The summed E-state index contributed by atoms with van der Waals surface area (Å²) in [6, 6.07) is 0. The van der Waals surface area contributed by atoms with Crippen molar-refractivity contribution in [3.8, 4) is 0 Å². The summed E-state index contributed by atoms with van der Waals surface area (Å²) in [5.41, 5.74) is 2.89. The molecule has 0 aliphatic heterocycles. The molecular weight excluding hydrogens is 164 g/mol. The van der Waals surface area contributed by atoms with Gasteiger partial charge in [0.05, 0.1) is 6.61 Å². The number of carbonyl (C=O) groups excluding carboxylic acids is 1. The van der Waals surface area contributed by atoms with Gasteiger partial charge in [0, 0.05) is 5.92 Å². The zero-order valence-corrected chi connectivity index (χ0v) is 8.67. The molecule has 2 nitrogen and oxygen atoms in total. The van der Waals surface area contributed by atoms with E-state index in [1.807, 2.05) is 0 Å². The van der Waals surface area contributed by atoms with Gasteiger partial charge in [-0.25, -0.2) is 0 Å². The molecule has 0 aromatic carbocycles. The predicted octanol–water partition coefficient (Wildman–Crippen LogP) is 2.54. The second-order valence-corrected chi connectivity index (χ2v) is 4.08. The summed E-state index contributed by atoms with van der Waals surface area (Å²) < 4.78 is 4.85. The lowest BCUT2D eigenvalue weighted by molar-refractivity contribution is -0.129. The topological polar surface area (TPSA) is 26.3 Å². The molecule has 0 N–H and O–H groups in total. The second kappa shape index (κ2) is 4.45. The second-order valence-electron chi connectivity index (χ2n) is 4.08. The van der Waals surface area contributed by atoms with Crippen LogP contribution < -0.4 is 0 Å². The first-order valence-electron chi connectivity index (χ1n) is 4.88. The summed E-state index contributed by atoms with van der Waals surface area (Å²) in [6.07, 6.45) is 2.41. The fraction of sp³-hybridized carbons (Fsp3) is 0.727. The van der Waals surface area contributed by atoms with Crippen LogP contribution in [0.3, 0.4) is 0 Å². The Balaban J connectivity index is 2.66. The van der Waals surface area contributed by atoms with Gasteiger partial charge in [0.25, 0.3) is 6.47 Å². The average Bonchev–Trinajstić information content (AvgIpc) is 2.43. The highest BCUT2D eigenvalue weighted by molar-refractivity contribution is 5.37. The van der Waals surface area contributed by atoms with Gasteiger partial charge >= 0.3 is 0 Å². The van der Waals surface area contributed by atoms with Crippen molar-refractivity contribution < 1.29 is 9.53 Å². The summed E-state index contributed by atoms with van der Waals surface area (Å²) in [5.74, 6) is 1.13. The maximum Gasteiger partial charge on any atom is 0.293 e. The molecule has 0 radical (unpaired) electrons. The van der Waals surface area contributed by atoms with E-state index in [0.717, 1.165) is 0 Å². The Hall–Kier alpha value is -0.790. The van der Waals surface area contributed by atoms with Gasteiger partial charge in [0.1, 0.15) is 0 Å². The van der Waals surface area contributed by atoms with Gasteiger partial charge in [-0.05, 0) is 32.6 Å². The van der Waals surface area contributed by atoms with Gasteiger partial charge < -0.3 is 4.74 Å². The van der Waals surface area contributed by atoms with Crippen molar-refractivity contribution in [1.82, 2.24) is 0 Å². The molecular formula is C11H18O2. The van der Waals surface area contributed by atoms with Crippen molar-refractivity contribution in [2.45, 2.75) is 33.6 Å². The summed E-state index contributed by atoms with van der Waals surface area (Å²) >= 11 is 0. The molecule has 2 heteroatoms. The van der Waals surface area contributed by atoms with E-state index < -0.39 is 0 Å². The maximum atomic E-state index is 10.1. The normalized spacial score (nSPS) is 27.5. The van der Waals surface area contributed by atoms with E-state index in [4.69, 9.17) is 4.74 Å². The molecule has 2 atom stereocenters. The van der Waals surface area contributed by atoms with E-state index >= 15 is 0 Å². The van der Waals surface area contributed by atoms with E-state index in [-0.39, 0.29) is 0 Å². The molecule has 0 aromatic rings. The summed E-state index contributed by atoms with van der Waals surface area (Å²) in [7, 11) is 0. The van der Waals surface area contributed by atoms with Crippen molar-refractivity contribution >= 4 is 6.47 Å². The van der Waals surface area contributed by atoms with E-state index in [9.17, 15) is 4.79 Å². The monoisotopic (exact) mass is 182 g/mol. The fourth-order valence-electron chi connectivity index (χ4n) is 2.14. The Bertz CT molecular complexity index is 214. The lowest BCUT2D eigenvalue weighted by Gasteiger charge is -2.16. The first kappa shape index (κ1) is 10.3. The Morgan fingerprint density at radius 2 is 2.31 bits per heavy atom. The smallest absolute Gasteiger partial charge is 0.293 e. The van der Waals surface area contributed by atoms with Crippen LogP contribution in [0.1, 0.15) is 33.6 Å². The van der Waals surface area contributed by atoms with Crippen molar-refractivity contribution in [1.29, 1.82) is 0 Å². The maximum absolute atomic E-state index is 10.1. The highest BCUT2D eigenvalue weighted by Gasteiger charge is 2.29. The molecule has 1 fully saturated rings. The Labute approximate surface area is 80.0 Å². The lowest BCUT2D eigenvalue weighted by Crippen LogP contribution is -2.14. The Morgan fingerprint density at radius 3 is 2.85 bits per heavy atom. The number of hydrogen-bond acceptors (Lipinski definition) is 2. The van der Waals surface area contributed by atoms with Crippen LogP contribution >= 0.6 is 0 Å². The first-order chi connectivity index (χ1) is 6.16. The van der Waals surface area contributed by atoms with Crippen molar-refractivity contribution in [3.05, 3.63) is 11.1 Å². The number of ether oxygens (including phenoxy) is 1. The molecule has 74 valence electrons. The van der Waals surface area contributed by atoms with Crippen molar-refractivity contribution in [3.63, 3.8) is 0 Å². The molecule has 1 aliphatic rings. The Kier molecular flexibility index (Phi) is 3.52. The minimum absolute atomic E-state index is 0.468. The predicted molar refractivity (Wildman–Crippen MR) is 52.3 cm³/mol. The molecule has 1 rings (SSSR count). The number of rotatable bonds is 3. The molecule has 0 spiro atoms. The Morgan fingerprint density at radius 1 is 1.62 bits per heavy atom. The number of allylic oxidation sites excluding steroid dienone is 1. The third-order valence-corrected chi connectivity index (χ3v) is 2.99. The molecule has 0 bridgehead atoms. The zero-order chi connectivity index (χ0) is 9.84. The molecule has 0 saturated heterocycles. The molecule has 0 amide bonds. The number of hydrogen-bond donors (Lipinski definition) is 0. The SMILES string of the molecule is CC(C)=C1CCC(C)C1COC=O. The summed E-state index contributed by atoms with van der Waals surface area (Å²) in [6.45, 7) is 7.62. The number of carbonyl (C=O) groups is 1. The van der Waals surface area contributed by atoms with Crippen LogP contribution in [0.2, 0.25) is 0 Å². The third kappa shape index (κ3) is 2.33. The molecule has 0 aromatic heterocycles. The third-order valence-electron chi connectivity index (χ3n) is 2.99. The van der Waals surface area contributed by atoms with E-state index in [1.54, 1.807) is 0 Å². The lowest BCUT2D eigenvalue weighted by atomic mass is 9.93. The highest BCUT2D eigenvalue weighted by Crippen LogP contribution is 2.37. The largest absolute Gasteiger partial charge is 0.467 e. The molecule has 0 heterocycles. The molecule has 1 saturated carbocycles. The van der Waals surface area contributed by atoms with E-state index in [2.05, 4.69) is 20.8 Å². The van der Waals surface area contributed by atoms with Gasteiger partial charge in [-0.15, -0.1) is 0 Å². The quantitative estimate of drug-likeness (QED) is 0.495. The fourth-order valence-corrected chi connectivity index (χ4v) is 2.14. The van der Waals surface area contributed by atoms with Gasteiger partial charge in [-0.3, -0.25) is 4.79 Å². The standard InChI is InChI=1S/C11H18O2/c1-8(2)10-5-4-9(3)11(10)6-13-7-12/h7,9,11H,4-6H2,1-3H3. The zero-order valence-electron chi connectivity index (χ0n) is 8.67. The molecule has 2 unspecified atom stereocenters. The van der Waals surface area contributed by atoms with Crippen LogP contribution in [0.5, 0.6) is 0 Å². The summed E-state index contributed by atoms with van der Waals surface area (Å²) in [5, 5.41) is 0. The van der Waals surface area contributed by atoms with Crippen LogP contribution in [0.25, 0.3) is 0 Å². The van der Waals surface area contributed by atoms with Crippen LogP contribution in [0.4, 0.5) is 0 Å². The molecule has 13 heavy (non-hydrogen) atoms. The van der Waals surface area contributed by atoms with Gasteiger partial charge in [0.2, 0.25) is 0 Å². The minimum Gasteiger partial charge on any atom is -0.467 e. The van der Waals surface area contributed by atoms with Crippen LogP contribution in [0, 0.1) is 11.8 Å².